The molecule has 0 heterocycles. The second kappa shape index (κ2) is 4.40. The Morgan fingerprint density at radius 3 is 2.47 bits per heavy atom. The Morgan fingerprint density at radius 1 is 1.27 bits per heavy atom. The van der Waals surface area contributed by atoms with Crippen LogP contribution in [0.5, 0.6) is 0 Å². The van der Waals surface area contributed by atoms with Gasteiger partial charge < -0.3 is 21.9 Å². The topological polar surface area (TPSA) is 84.3 Å². The Balaban J connectivity index is 2.62. The monoisotopic (exact) mass is 209 g/mol. The Bertz CT molecular complexity index is 337. The van der Waals surface area contributed by atoms with Gasteiger partial charge in [0.15, 0.2) is 0 Å². The fourth-order valence-corrected chi connectivity index (χ4v) is 1.08. The van der Waals surface area contributed by atoms with Gasteiger partial charge in [-0.3, -0.25) is 0 Å². The number of rotatable bonds is 4. The summed E-state index contributed by atoms with van der Waals surface area (Å²) in [6.07, 6.45) is 0. The summed E-state index contributed by atoms with van der Waals surface area (Å²) in [4.78, 5) is 0. The van der Waals surface area contributed by atoms with E-state index in [9.17, 15) is 0 Å². The molecule has 84 valence electrons. The molecule has 4 nitrogen and oxygen atoms in total. The molecule has 15 heavy (non-hydrogen) atoms. The second-order valence-corrected chi connectivity index (χ2v) is 4.52. The van der Waals surface area contributed by atoms with Crippen molar-refractivity contribution < 1.29 is 5.11 Å². The lowest BCUT2D eigenvalue weighted by Gasteiger charge is -2.22. The number of aliphatic hydroxyl groups is 1. The lowest BCUT2D eigenvalue weighted by Crippen LogP contribution is -2.26. The average Bonchev–Trinajstić information content (AvgIpc) is 2.20. The zero-order chi connectivity index (χ0) is 11.5. The lowest BCUT2D eigenvalue weighted by atomic mass is 9.95. The van der Waals surface area contributed by atoms with E-state index in [4.69, 9.17) is 16.6 Å². The van der Waals surface area contributed by atoms with Crippen molar-refractivity contribution >= 4 is 17.1 Å². The molecule has 1 aromatic rings. The van der Waals surface area contributed by atoms with Crippen LogP contribution in [0.4, 0.5) is 17.1 Å². The summed E-state index contributed by atoms with van der Waals surface area (Å²) in [5, 5.41) is 12.3. The molecular formula is C11H19N3O. The van der Waals surface area contributed by atoms with Crippen LogP contribution in [0.15, 0.2) is 18.2 Å². The maximum atomic E-state index is 9.09. The molecule has 0 aliphatic rings. The predicted octanol–water partition coefficient (Wildman–Crippen LogP) is 1.28. The smallest absolute Gasteiger partial charge is 0.0568 e. The molecule has 0 amide bonds. The summed E-state index contributed by atoms with van der Waals surface area (Å²) in [6, 6.07) is 5.44. The van der Waals surface area contributed by atoms with Crippen LogP contribution in [-0.2, 0) is 0 Å². The van der Waals surface area contributed by atoms with Crippen molar-refractivity contribution in [3.63, 3.8) is 0 Å². The molecule has 0 fully saturated rings. The minimum absolute atomic E-state index is 0.143. The van der Waals surface area contributed by atoms with E-state index in [0.717, 1.165) is 5.69 Å². The van der Waals surface area contributed by atoms with Gasteiger partial charge in [-0.15, -0.1) is 0 Å². The van der Waals surface area contributed by atoms with Crippen molar-refractivity contribution in [3.05, 3.63) is 18.2 Å². The standard InChI is InChI=1S/C11H19N3O/c1-11(2,7-15)6-14-8-3-4-9(12)10(13)5-8/h3-5,14-15H,6-7,12-13H2,1-2H3. The Morgan fingerprint density at radius 2 is 1.93 bits per heavy atom. The number of hydrogen-bond donors (Lipinski definition) is 4. The highest BCUT2D eigenvalue weighted by atomic mass is 16.3. The summed E-state index contributed by atoms with van der Waals surface area (Å²) in [5.41, 5.74) is 13.2. The summed E-state index contributed by atoms with van der Waals surface area (Å²) >= 11 is 0. The first kappa shape index (κ1) is 11.7. The molecule has 1 aromatic carbocycles. The molecule has 0 unspecified atom stereocenters. The molecule has 0 spiro atoms. The van der Waals surface area contributed by atoms with E-state index in [-0.39, 0.29) is 12.0 Å². The van der Waals surface area contributed by atoms with Gasteiger partial charge in [-0.25, -0.2) is 0 Å². The molecule has 0 bridgehead atoms. The third-order valence-corrected chi connectivity index (χ3v) is 2.29. The van der Waals surface area contributed by atoms with Gasteiger partial charge in [-0.2, -0.15) is 0 Å². The van der Waals surface area contributed by atoms with Crippen molar-refractivity contribution in [1.82, 2.24) is 0 Å². The van der Waals surface area contributed by atoms with E-state index in [0.29, 0.717) is 17.9 Å². The molecule has 4 heteroatoms. The first-order chi connectivity index (χ1) is 6.94. The lowest BCUT2D eigenvalue weighted by molar-refractivity contribution is 0.171. The van der Waals surface area contributed by atoms with Gasteiger partial charge in [0.2, 0.25) is 0 Å². The molecule has 0 aromatic heterocycles. The van der Waals surface area contributed by atoms with Crippen LogP contribution in [0.3, 0.4) is 0 Å². The molecule has 0 saturated carbocycles. The Hall–Kier alpha value is -1.42. The van der Waals surface area contributed by atoms with Crippen LogP contribution in [0.1, 0.15) is 13.8 Å². The third-order valence-electron chi connectivity index (χ3n) is 2.29. The van der Waals surface area contributed by atoms with Crippen molar-refractivity contribution in [2.45, 2.75) is 13.8 Å². The zero-order valence-electron chi connectivity index (χ0n) is 9.25. The Labute approximate surface area is 90.3 Å². The van der Waals surface area contributed by atoms with Gasteiger partial charge in [0, 0.05) is 24.3 Å². The highest BCUT2D eigenvalue weighted by molar-refractivity contribution is 5.69. The molecular weight excluding hydrogens is 190 g/mol. The van der Waals surface area contributed by atoms with Gasteiger partial charge in [-0.05, 0) is 18.2 Å². The zero-order valence-corrected chi connectivity index (χ0v) is 9.25. The molecule has 0 radical (unpaired) electrons. The van der Waals surface area contributed by atoms with Gasteiger partial charge in [0.1, 0.15) is 0 Å². The minimum atomic E-state index is -0.143. The molecule has 0 aliphatic carbocycles. The van der Waals surface area contributed by atoms with Gasteiger partial charge in [-0.1, -0.05) is 13.8 Å². The summed E-state index contributed by atoms with van der Waals surface area (Å²) in [6.45, 7) is 4.80. The number of anilines is 3. The second-order valence-electron chi connectivity index (χ2n) is 4.52. The van der Waals surface area contributed by atoms with Crippen molar-refractivity contribution in [1.29, 1.82) is 0 Å². The quantitative estimate of drug-likeness (QED) is 0.563. The van der Waals surface area contributed by atoms with E-state index in [1.54, 1.807) is 12.1 Å². The number of hydrogen-bond acceptors (Lipinski definition) is 4. The van der Waals surface area contributed by atoms with Gasteiger partial charge >= 0.3 is 0 Å². The number of benzene rings is 1. The van der Waals surface area contributed by atoms with Crippen molar-refractivity contribution in [2.24, 2.45) is 5.41 Å². The van der Waals surface area contributed by atoms with Crippen LogP contribution in [-0.4, -0.2) is 18.3 Å². The van der Waals surface area contributed by atoms with Gasteiger partial charge in [0.05, 0.1) is 11.4 Å². The minimum Gasteiger partial charge on any atom is -0.397 e. The highest BCUT2D eigenvalue weighted by Gasteiger charge is 2.15. The van der Waals surface area contributed by atoms with E-state index in [1.165, 1.54) is 0 Å². The molecule has 0 atom stereocenters. The fraction of sp³-hybridized carbons (Fsp3) is 0.455. The predicted molar refractivity (Wildman–Crippen MR) is 64.6 cm³/mol. The highest BCUT2D eigenvalue weighted by Crippen LogP contribution is 2.21. The van der Waals surface area contributed by atoms with E-state index < -0.39 is 0 Å². The summed E-state index contributed by atoms with van der Waals surface area (Å²) < 4.78 is 0. The van der Waals surface area contributed by atoms with Crippen molar-refractivity contribution in [3.8, 4) is 0 Å². The third kappa shape index (κ3) is 3.32. The molecule has 6 N–H and O–H groups in total. The van der Waals surface area contributed by atoms with E-state index >= 15 is 0 Å². The van der Waals surface area contributed by atoms with Crippen LogP contribution in [0.25, 0.3) is 0 Å². The van der Waals surface area contributed by atoms with Gasteiger partial charge in [0.25, 0.3) is 0 Å². The molecule has 0 saturated heterocycles. The largest absolute Gasteiger partial charge is 0.397 e. The molecule has 1 rings (SSSR count). The van der Waals surface area contributed by atoms with Crippen LogP contribution >= 0.6 is 0 Å². The maximum Gasteiger partial charge on any atom is 0.0568 e. The van der Waals surface area contributed by atoms with Crippen LogP contribution in [0, 0.1) is 5.41 Å². The van der Waals surface area contributed by atoms with Crippen LogP contribution < -0.4 is 16.8 Å². The summed E-state index contributed by atoms with van der Waals surface area (Å²) in [5.74, 6) is 0. The summed E-state index contributed by atoms with van der Waals surface area (Å²) in [7, 11) is 0. The number of nitrogen functional groups attached to an aromatic ring is 2. The Kier molecular flexibility index (Phi) is 3.42. The van der Waals surface area contributed by atoms with Crippen LogP contribution in [0.2, 0.25) is 0 Å². The van der Waals surface area contributed by atoms with Crippen molar-refractivity contribution in [2.75, 3.05) is 29.9 Å². The van der Waals surface area contributed by atoms with E-state index in [2.05, 4.69) is 5.32 Å². The first-order valence-corrected chi connectivity index (χ1v) is 4.94. The number of nitrogens with two attached hydrogens (primary N) is 2. The SMILES string of the molecule is CC(C)(CO)CNc1ccc(N)c(N)c1. The number of nitrogens with one attached hydrogen (secondary N) is 1. The van der Waals surface area contributed by atoms with E-state index in [1.807, 2.05) is 19.9 Å². The maximum absolute atomic E-state index is 9.09. The fourth-order valence-electron chi connectivity index (χ4n) is 1.08. The molecule has 0 aliphatic heterocycles. The number of aliphatic hydroxyl groups excluding tert-OH is 1. The first-order valence-electron chi connectivity index (χ1n) is 4.94. The average molecular weight is 209 g/mol. The normalized spacial score (nSPS) is 11.4.